The number of halogens is 3. The Bertz CT molecular complexity index is 1030. The number of alkyl halides is 3. The molecule has 1 aliphatic heterocycles. The van der Waals surface area contributed by atoms with E-state index in [1.54, 1.807) is 18.6 Å². The number of nitrogens with zero attached hydrogens (tertiary/aromatic N) is 5. The average molecular weight is 416 g/mol. The van der Waals surface area contributed by atoms with Crippen molar-refractivity contribution in [3.8, 4) is 11.5 Å². The molecular formula is C20H19F3N6O. The highest BCUT2D eigenvalue weighted by Crippen LogP contribution is 2.32. The zero-order chi connectivity index (χ0) is 21.1. The molecular weight excluding hydrogens is 397 g/mol. The number of aryl methyl sites for hydroxylation is 1. The lowest BCUT2D eigenvalue weighted by molar-refractivity contribution is -0.138. The summed E-state index contributed by atoms with van der Waals surface area (Å²) in [5.41, 5.74) is -0.0806. The number of amides is 1. The predicted molar refractivity (Wildman–Crippen MR) is 101 cm³/mol. The van der Waals surface area contributed by atoms with Crippen LogP contribution in [0.4, 0.5) is 13.2 Å². The molecule has 1 aliphatic rings. The second kappa shape index (κ2) is 8.21. The fourth-order valence-corrected chi connectivity index (χ4v) is 3.63. The molecule has 156 valence electrons. The molecule has 0 saturated heterocycles. The van der Waals surface area contributed by atoms with Crippen molar-refractivity contribution in [2.75, 3.05) is 0 Å². The molecule has 0 fully saturated rings. The molecule has 1 unspecified atom stereocenters. The highest BCUT2D eigenvalue weighted by Gasteiger charge is 2.33. The number of hydrogen-bond donors (Lipinski definition) is 1. The summed E-state index contributed by atoms with van der Waals surface area (Å²) in [6, 6.07) is 5.27. The van der Waals surface area contributed by atoms with Crippen molar-refractivity contribution in [1.82, 2.24) is 30.0 Å². The van der Waals surface area contributed by atoms with Crippen LogP contribution in [0.1, 0.15) is 29.8 Å². The van der Waals surface area contributed by atoms with E-state index in [1.807, 2.05) is 4.57 Å². The first kappa shape index (κ1) is 20.0. The SMILES string of the molecule is O=C(NCc1ccccc1C(F)(F)F)C1CCc2nnc(-c3cnccn3)n2CC1. The second-order valence-corrected chi connectivity index (χ2v) is 7.08. The van der Waals surface area contributed by atoms with E-state index in [-0.39, 0.29) is 23.9 Å². The van der Waals surface area contributed by atoms with Gasteiger partial charge in [-0.15, -0.1) is 10.2 Å². The summed E-state index contributed by atoms with van der Waals surface area (Å²) >= 11 is 0. The van der Waals surface area contributed by atoms with Gasteiger partial charge in [0.25, 0.3) is 0 Å². The molecule has 4 rings (SSSR count). The molecule has 1 atom stereocenters. The van der Waals surface area contributed by atoms with Crippen LogP contribution < -0.4 is 5.32 Å². The third kappa shape index (κ3) is 4.17. The van der Waals surface area contributed by atoms with E-state index in [2.05, 4.69) is 25.5 Å². The third-order valence-electron chi connectivity index (χ3n) is 5.18. The lowest BCUT2D eigenvalue weighted by Crippen LogP contribution is -2.31. The number of aromatic nitrogens is 5. The van der Waals surface area contributed by atoms with Gasteiger partial charge in [0.15, 0.2) is 5.82 Å². The Morgan fingerprint density at radius 2 is 2.00 bits per heavy atom. The summed E-state index contributed by atoms with van der Waals surface area (Å²) in [7, 11) is 0. The first-order chi connectivity index (χ1) is 14.4. The molecule has 1 amide bonds. The first-order valence-electron chi connectivity index (χ1n) is 9.55. The smallest absolute Gasteiger partial charge is 0.352 e. The van der Waals surface area contributed by atoms with Crippen LogP contribution in [0.3, 0.4) is 0 Å². The van der Waals surface area contributed by atoms with Crippen molar-refractivity contribution in [1.29, 1.82) is 0 Å². The van der Waals surface area contributed by atoms with E-state index in [0.717, 1.165) is 11.9 Å². The zero-order valence-corrected chi connectivity index (χ0v) is 15.9. The van der Waals surface area contributed by atoms with Crippen molar-refractivity contribution in [3.05, 3.63) is 59.8 Å². The summed E-state index contributed by atoms with van der Waals surface area (Å²) in [5, 5.41) is 11.1. The molecule has 3 heterocycles. The van der Waals surface area contributed by atoms with Crippen molar-refractivity contribution >= 4 is 5.91 Å². The Labute approximate surface area is 170 Å². The monoisotopic (exact) mass is 416 g/mol. The topological polar surface area (TPSA) is 85.6 Å². The number of benzene rings is 1. The van der Waals surface area contributed by atoms with Crippen LogP contribution in [0.25, 0.3) is 11.5 Å². The summed E-state index contributed by atoms with van der Waals surface area (Å²) < 4.78 is 41.3. The van der Waals surface area contributed by atoms with E-state index < -0.39 is 11.7 Å². The first-order valence-corrected chi connectivity index (χ1v) is 9.55. The van der Waals surface area contributed by atoms with E-state index in [4.69, 9.17) is 0 Å². The van der Waals surface area contributed by atoms with Crippen LogP contribution in [0.15, 0.2) is 42.9 Å². The molecule has 10 heteroatoms. The van der Waals surface area contributed by atoms with Gasteiger partial charge in [-0.1, -0.05) is 18.2 Å². The number of carbonyl (C=O) groups is 1. The van der Waals surface area contributed by atoms with E-state index in [0.29, 0.717) is 37.3 Å². The minimum atomic E-state index is -4.46. The van der Waals surface area contributed by atoms with E-state index in [9.17, 15) is 18.0 Å². The van der Waals surface area contributed by atoms with Crippen LogP contribution in [-0.2, 0) is 30.5 Å². The molecule has 2 aromatic heterocycles. The number of fused-ring (bicyclic) bond motifs is 1. The Morgan fingerprint density at radius 1 is 1.17 bits per heavy atom. The van der Waals surface area contributed by atoms with Gasteiger partial charge in [-0.25, -0.2) is 4.98 Å². The molecule has 3 aromatic rings. The Morgan fingerprint density at radius 3 is 2.77 bits per heavy atom. The van der Waals surface area contributed by atoms with E-state index in [1.165, 1.54) is 18.2 Å². The van der Waals surface area contributed by atoms with Gasteiger partial charge >= 0.3 is 6.18 Å². The maximum atomic E-state index is 13.1. The van der Waals surface area contributed by atoms with Crippen LogP contribution >= 0.6 is 0 Å². The van der Waals surface area contributed by atoms with Gasteiger partial charge in [-0.2, -0.15) is 13.2 Å². The lowest BCUT2D eigenvalue weighted by Gasteiger charge is -2.16. The number of rotatable bonds is 4. The van der Waals surface area contributed by atoms with Gasteiger partial charge in [0.2, 0.25) is 5.91 Å². The molecule has 1 aromatic carbocycles. The Kier molecular flexibility index (Phi) is 5.47. The largest absolute Gasteiger partial charge is 0.416 e. The zero-order valence-electron chi connectivity index (χ0n) is 15.9. The maximum Gasteiger partial charge on any atom is 0.416 e. The molecule has 0 saturated carbocycles. The third-order valence-corrected chi connectivity index (χ3v) is 5.18. The highest BCUT2D eigenvalue weighted by molar-refractivity contribution is 5.78. The minimum absolute atomic E-state index is 0.0500. The summed E-state index contributed by atoms with van der Waals surface area (Å²) in [4.78, 5) is 20.9. The van der Waals surface area contributed by atoms with Crippen LogP contribution in [-0.4, -0.2) is 30.6 Å². The van der Waals surface area contributed by atoms with Crippen molar-refractivity contribution in [3.63, 3.8) is 0 Å². The highest BCUT2D eigenvalue weighted by atomic mass is 19.4. The molecule has 0 aliphatic carbocycles. The lowest BCUT2D eigenvalue weighted by atomic mass is 9.99. The number of nitrogens with one attached hydrogen (secondary N) is 1. The molecule has 0 spiro atoms. The average Bonchev–Trinajstić information content (AvgIpc) is 3.03. The molecule has 0 radical (unpaired) electrons. The van der Waals surface area contributed by atoms with Gasteiger partial charge in [-0.05, 0) is 24.5 Å². The van der Waals surface area contributed by atoms with Crippen LogP contribution in [0, 0.1) is 5.92 Å². The number of hydrogen-bond acceptors (Lipinski definition) is 5. The summed E-state index contributed by atoms with van der Waals surface area (Å²) in [6.45, 7) is 0.355. The standard InChI is InChI=1S/C20H19F3N6O/c21-20(22,23)15-4-2-1-3-14(15)11-26-19(30)13-5-6-17-27-28-18(29(17)10-7-13)16-12-24-8-9-25-16/h1-4,8-9,12-13H,5-7,10-11H2,(H,26,30). The van der Waals surface area contributed by atoms with Crippen LogP contribution in [0.2, 0.25) is 0 Å². The van der Waals surface area contributed by atoms with E-state index >= 15 is 0 Å². The molecule has 30 heavy (non-hydrogen) atoms. The summed E-state index contributed by atoms with van der Waals surface area (Å²) in [5.74, 6) is 0.776. The fraction of sp³-hybridized carbons (Fsp3) is 0.350. The Hall–Kier alpha value is -3.30. The van der Waals surface area contributed by atoms with Gasteiger partial charge in [0.1, 0.15) is 11.5 Å². The molecule has 1 N–H and O–H groups in total. The van der Waals surface area contributed by atoms with Gasteiger partial charge in [-0.3, -0.25) is 9.78 Å². The normalized spacial score (nSPS) is 16.6. The number of carbonyl (C=O) groups excluding carboxylic acids is 1. The van der Waals surface area contributed by atoms with Crippen molar-refractivity contribution in [2.45, 2.75) is 38.5 Å². The predicted octanol–water partition coefficient (Wildman–Crippen LogP) is 3.02. The van der Waals surface area contributed by atoms with Crippen molar-refractivity contribution < 1.29 is 18.0 Å². The minimum Gasteiger partial charge on any atom is -0.352 e. The van der Waals surface area contributed by atoms with Crippen molar-refractivity contribution in [2.24, 2.45) is 5.92 Å². The summed E-state index contributed by atoms with van der Waals surface area (Å²) in [6.07, 6.45) is 1.91. The second-order valence-electron chi connectivity index (χ2n) is 7.08. The van der Waals surface area contributed by atoms with Gasteiger partial charge < -0.3 is 9.88 Å². The van der Waals surface area contributed by atoms with Gasteiger partial charge in [0.05, 0.1) is 11.8 Å². The fourth-order valence-electron chi connectivity index (χ4n) is 3.63. The quantitative estimate of drug-likeness (QED) is 0.707. The molecule has 7 nitrogen and oxygen atoms in total. The molecule has 0 bridgehead atoms. The maximum absolute atomic E-state index is 13.1. The Balaban J connectivity index is 1.42. The van der Waals surface area contributed by atoms with Crippen LogP contribution in [0.5, 0.6) is 0 Å². The van der Waals surface area contributed by atoms with Gasteiger partial charge in [0, 0.05) is 37.8 Å².